The molecule has 0 saturated carbocycles. The number of hydrogen-bond donors (Lipinski definition) is 2. The average Bonchev–Trinajstić information content (AvgIpc) is 3.35. The Kier molecular flexibility index (Phi) is 5.67. The molecule has 1 amide bonds. The number of rotatable bonds is 4. The fourth-order valence-electron chi connectivity index (χ4n) is 5.52. The van der Waals surface area contributed by atoms with Crippen LogP contribution in [0.25, 0.3) is 22.3 Å². The average molecular weight is 537 g/mol. The van der Waals surface area contributed by atoms with E-state index in [9.17, 15) is 9.90 Å². The number of carbonyl (C=O) groups excluding carboxylic acids is 1. The van der Waals surface area contributed by atoms with E-state index in [2.05, 4.69) is 20.3 Å². The molecule has 2 aromatic heterocycles. The van der Waals surface area contributed by atoms with Crippen LogP contribution in [0.3, 0.4) is 0 Å². The van der Waals surface area contributed by atoms with Crippen LogP contribution in [-0.4, -0.2) is 50.3 Å². The summed E-state index contributed by atoms with van der Waals surface area (Å²) in [6.07, 6.45) is 1.93. The first-order valence-corrected chi connectivity index (χ1v) is 12.6. The Morgan fingerprint density at radius 2 is 1.92 bits per heavy atom. The summed E-state index contributed by atoms with van der Waals surface area (Å²) in [7, 11) is 0. The molecule has 0 aliphatic carbocycles. The molecule has 196 valence electrons. The van der Waals surface area contributed by atoms with Crippen LogP contribution in [0.2, 0.25) is 5.02 Å². The Hall–Kier alpha value is -3.60. The van der Waals surface area contributed by atoms with Gasteiger partial charge in [0.1, 0.15) is 23.5 Å². The van der Waals surface area contributed by atoms with Crippen molar-refractivity contribution in [2.24, 2.45) is 0 Å². The van der Waals surface area contributed by atoms with E-state index in [1.54, 1.807) is 17.9 Å². The topological polar surface area (TPSA) is 105 Å². The van der Waals surface area contributed by atoms with Crippen molar-refractivity contribution in [3.05, 3.63) is 59.3 Å². The minimum absolute atomic E-state index is 0.0761. The predicted molar refractivity (Wildman–Crippen MR) is 142 cm³/mol. The summed E-state index contributed by atoms with van der Waals surface area (Å²) >= 11 is 6.46. The highest BCUT2D eigenvalue weighted by Crippen LogP contribution is 2.46. The molecule has 4 heterocycles. The Morgan fingerprint density at radius 1 is 1.16 bits per heavy atom. The number of nitrogens with zero attached hydrogens (tertiary/aromatic N) is 5. The van der Waals surface area contributed by atoms with Gasteiger partial charge < -0.3 is 24.6 Å². The number of amides is 1. The van der Waals surface area contributed by atoms with Crippen molar-refractivity contribution < 1.29 is 19.0 Å². The number of anilines is 3. The van der Waals surface area contributed by atoms with Gasteiger partial charge in [-0.1, -0.05) is 11.6 Å². The van der Waals surface area contributed by atoms with E-state index in [0.29, 0.717) is 47.9 Å². The molecule has 0 spiro atoms. The number of aromatic nitrogens is 4. The van der Waals surface area contributed by atoms with Crippen LogP contribution in [0.4, 0.5) is 21.7 Å². The van der Waals surface area contributed by atoms with Crippen LogP contribution in [0.1, 0.15) is 33.0 Å². The van der Waals surface area contributed by atoms with Gasteiger partial charge in [0.2, 0.25) is 5.95 Å². The highest BCUT2D eigenvalue weighted by molar-refractivity contribution is 6.33. The third-order valence-corrected chi connectivity index (χ3v) is 7.29. The number of carbonyl (C=O) groups is 1. The summed E-state index contributed by atoms with van der Waals surface area (Å²) in [4.78, 5) is 27.1. The zero-order chi connectivity index (χ0) is 26.8. The van der Waals surface area contributed by atoms with Crippen LogP contribution < -0.4 is 10.2 Å². The van der Waals surface area contributed by atoms with Crippen LogP contribution in [0, 0.1) is 5.82 Å². The van der Waals surface area contributed by atoms with Gasteiger partial charge in [-0.2, -0.15) is 0 Å². The minimum Gasteiger partial charge on any atom is -0.382 e. The summed E-state index contributed by atoms with van der Waals surface area (Å²) < 4.78 is 22.4. The van der Waals surface area contributed by atoms with Crippen molar-refractivity contribution >= 4 is 45.9 Å². The number of morpholine rings is 1. The molecule has 6 rings (SSSR count). The second-order valence-electron chi connectivity index (χ2n) is 10.5. The lowest BCUT2D eigenvalue weighted by Crippen LogP contribution is -2.41. The quantitative estimate of drug-likeness (QED) is 0.388. The number of nitrogens with one attached hydrogen (secondary N) is 1. The maximum Gasteiger partial charge on any atom is 0.253 e. The number of fused-ring (bicyclic) bond motifs is 3. The van der Waals surface area contributed by atoms with Crippen molar-refractivity contribution in [3.8, 4) is 11.3 Å². The summed E-state index contributed by atoms with van der Waals surface area (Å²) in [5, 5.41) is 14.3. The molecule has 38 heavy (non-hydrogen) atoms. The van der Waals surface area contributed by atoms with Crippen molar-refractivity contribution in [1.82, 2.24) is 19.5 Å². The molecule has 1 unspecified atom stereocenters. The third-order valence-electron chi connectivity index (χ3n) is 7.02. The molecule has 1 saturated heterocycles. The maximum atomic E-state index is 15.3. The van der Waals surface area contributed by atoms with Crippen LogP contribution >= 0.6 is 11.6 Å². The Labute approximate surface area is 223 Å². The Bertz CT molecular complexity index is 1580. The molecule has 2 aliphatic rings. The predicted octanol–water partition coefficient (Wildman–Crippen LogP) is 4.74. The first-order chi connectivity index (χ1) is 18.0. The van der Waals surface area contributed by atoms with Gasteiger partial charge in [-0.15, -0.1) is 0 Å². The minimum atomic E-state index is -1.16. The smallest absolute Gasteiger partial charge is 0.253 e. The van der Waals surface area contributed by atoms with Gasteiger partial charge in [-0.05, 0) is 57.2 Å². The van der Waals surface area contributed by atoms with E-state index in [-0.39, 0.29) is 29.0 Å². The number of aliphatic hydroxyl groups is 1. The van der Waals surface area contributed by atoms with Crippen LogP contribution in [0.5, 0.6) is 0 Å². The van der Waals surface area contributed by atoms with E-state index in [4.69, 9.17) is 16.3 Å². The summed E-state index contributed by atoms with van der Waals surface area (Å²) in [6, 6.07) is 10.5. The van der Waals surface area contributed by atoms with Crippen LogP contribution in [0.15, 0.2) is 42.6 Å². The van der Waals surface area contributed by atoms with E-state index in [1.165, 1.54) is 12.3 Å². The van der Waals surface area contributed by atoms with Gasteiger partial charge >= 0.3 is 0 Å². The largest absolute Gasteiger partial charge is 0.382 e. The number of ether oxygens (including phenoxy) is 1. The van der Waals surface area contributed by atoms with Crippen molar-refractivity contribution in [3.63, 3.8) is 0 Å². The van der Waals surface area contributed by atoms with Gasteiger partial charge in [0.05, 0.1) is 29.0 Å². The molecule has 11 heteroatoms. The van der Waals surface area contributed by atoms with Gasteiger partial charge in [0, 0.05) is 35.4 Å². The summed E-state index contributed by atoms with van der Waals surface area (Å²) in [5.74, 6) is 0.111. The Balaban J connectivity index is 1.33. The van der Waals surface area contributed by atoms with Gasteiger partial charge in [0.15, 0.2) is 5.82 Å². The van der Waals surface area contributed by atoms with Crippen molar-refractivity contribution in [1.29, 1.82) is 0 Å². The molecule has 2 aromatic carbocycles. The first-order valence-electron chi connectivity index (χ1n) is 12.3. The van der Waals surface area contributed by atoms with E-state index >= 15 is 4.39 Å². The zero-order valence-corrected chi connectivity index (χ0v) is 21.9. The zero-order valence-electron chi connectivity index (χ0n) is 21.1. The molecule has 0 radical (unpaired) electrons. The van der Waals surface area contributed by atoms with Gasteiger partial charge in [0.25, 0.3) is 5.91 Å². The number of imidazole rings is 1. The van der Waals surface area contributed by atoms with Crippen molar-refractivity contribution in [2.75, 3.05) is 30.0 Å². The summed E-state index contributed by atoms with van der Waals surface area (Å²) in [6.45, 7) is 6.76. The normalized spacial score (nSPS) is 20.7. The molecule has 2 N–H and O–H groups in total. The second-order valence-corrected chi connectivity index (χ2v) is 10.9. The number of halogens is 2. The summed E-state index contributed by atoms with van der Waals surface area (Å²) in [5.41, 5.74) is 1.45. The number of benzene rings is 2. The molecular weight excluding hydrogens is 511 g/mol. The van der Waals surface area contributed by atoms with E-state index in [0.717, 1.165) is 5.69 Å². The number of hydrogen-bond acceptors (Lipinski definition) is 7. The highest BCUT2D eigenvalue weighted by atomic mass is 35.5. The lowest BCUT2D eigenvalue weighted by molar-refractivity contribution is -0.125. The highest BCUT2D eigenvalue weighted by Gasteiger charge is 2.46. The van der Waals surface area contributed by atoms with Gasteiger partial charge in [-0.25, -0.2) is 19.3 Å². The van der Waals surface area contributed by atoms with E-state index < -0.39 is 17.0 Å². The molecule has 9 nitrogen and oxygen atoms in total. The third kappa shape index (κ3) is 4.09. The fraction of sp³-hybridized carbons (Fsp3) is 0.333. The molecule has 2 aliphatic heterocycles. The van der Waals surface area contributed by atoms with Crippen LogP contribution in [-0.2, 0) is 20.7 Å². The molecule has 1 atom stereocenters. The molecule has 0 bridgehead atoms. The lowest BCUT2D eigenvalue weighted by Gasteiger charge is -2.26. The standard InChI is InChI=1S/C27H26ClFN6O3/c1-26(2)14-27(3,37)24-32-23-19(29)10-15(11-20(23)35(24)26)22-18(28)12-30-25(33-22)31-16-4-6-17(7-5-16)34-8-9-38-13-21(34)36/h4-7,10-12,37H,8-9,13-14H2,1-3H3,(H,30,31,33). The molecule has 1 fully saturated rings. The van der Waals surface area contributed by atoms with E-state index in [1.807, 2.05) is 42.7 Å². The second kappa shape index (κ2) is 8.72. The van der Waals surface area contributed by atoms with Gasteiger partial charge in [-0.3, -0.25) is 4.79 Å². The molecule has 4 aromatic rings. The monoisotopic (exact) mass is 536 g/mol. The maximum absolute atomic E-state index is 15.3. The SMILES string of the molecule is CC1(O)CC(C)(C)n2c1nc1c(F)cc(-c3nc(Nc4ccc(N5CCOCC5=O)cc4)ncc3Cl)cc12. The molecular formula is C27H26ClFN6O3. The first kappa shape index (κ1) is 24.7. The van der Waals surface area contributed by atoms with Crippen molar-refractivity contribution in [2.45, 2.75) is 38.3 Å². The lowest BCUT2D eigenvalue weighted by atomic mass is 9.93. The fourth-order valence-corrected chi connectivity index (χ4v) is 5.72. The Morgan fingerprint density at radius 3 is 2.66 bits per heavy atom.